The van der Waals surface area contributed by atoms with Crippen LogP contribution in [-0.4, -0.2) is 33.2 Å². The van der Waals surface area contributed by atoms with E-state index in [-0.39, 0.29) is 45.6 Å². The first-order valence-electron chi connectivity index (χ1n) is 11.7. The van der Waals surface area contributed by atoms with Crippen molar-refractivity contribution in [3.8, 4) is 5.95 Å². The Labute approximate surface area is 206 Å². The van der Waals surface area contributed by atoms with Crippen LogP contribution in [0, 0.1) is 19.7 Å². The molecule has 0 aliphatic heterocycles. The van der Waals surface area contributed by atoms with Crippen LogP contribution in [0.4, 0.5) is 15.9 Å². The zero-order valence-electron chi connectivity index (χ0n) is 20.5. The summed E-state index contributed by atoms with van der Waals surface area (Å²) in [6.07, 6.45) is 1.30. The smallest absolute Gasteiger partial charge is 0.338 e. The van der Waals surface area contributed by atoms with Gasteiger partial charge in [-0.3, -0.25) is 33.3 Å². The number of anilines is 2. The van der Waals surface area contributed by atoms with Gasteiger partial charge in [-0.25, -0.2) is 18.5 Å². The summed E-state index contributed by atoms with van der Waals surface area (Å²) in [6.45, 7) is 3.27. The van der Waals surface area contributed by atoms with Crippen molar-refractivity contribution in [2.45, 2.75) is 32.7 Å². The highest BCUT2D eigenvalue weighted by atomic mass is 19.1. The maximum absolute atomic E-state index is 14.8. The number of halogens is 1. The molecular formula is C24H23FN8O4. The van der Waals surface area contributed by atoms with Crippen LogP contribution in [0.1, 0.15) is 30.0 Å². The summed E-state index contributed by atoms with van der Waals surface area (Å²) in [6, 6.07) is 4.26. The predicted molar refractivity (Wildman–Crippen MR) is 136 cm³/mol. The van der Waals surface area contributed by atoms with Gasteiger partial charge in [-0.1, -0.05) is 6.07 Å². The van der Waals surface area contributed by atoms with Gasteiger partial charge in [0.15, 0.2) is 11.3 Å². The third kappa shape index (κ3) is 3.23. The van der Waals surface area contributed by atoms with Gasteiger partial charge in [0.05, 0.1) is 11.2 Å². The topological polar surface area (TPSA) is 144 Å². The number of nitrogens with one attached hydrogen (secondary N) is 3. The van der Waals surface area contributed by atoms with E-state index in [1.165, 1.54) is 39.8 Å². The molecule has 12 nitrogen and oxygen atoms in total. The molecule has 1 fully saturated rings. The molecule has 4 aromatic heterocycles. The minimum Gasteiger partial charge on any atom is -0.338 e. The highest BCUT2D eigenvalue weighted by Gasteiger charge is 2.32. The van der Waals surface area contributed by atoms with Gasteiger partial charge in [-0.15, -0.1) is 0 Å². The number of aromatic nitrogens is 7. The number of hydrogen-bond donors (Lipinski definition) is 3. The van der Waals surface area contributed by atoms with Crippen molar-refractivity contribution in [3.63, 3.8) is 0 Å². The molecule has 190 valence electrons. The molecule has 1 aromatic carbocycles. The Bertz CT molecular complexity index is 2020. The van der Waals surface area contributed by atoms with Gasteiger partial charge >= 0.3 is 11.4 Å². The van der Waals surface area contributed by atoms with Crippen molar-refractivity contribution < 1.29 is 4.39 Å². The summed E-state index contributed by atoms with van der Waals surface area (Å²) in [5.74, 6) is -0.403. The Balaban J connectivity index is 1.78. The predicted octanol–water partition coefficient (Wildman–Crippen LogP) is 1.59. The molecule has 0 spiro atoms. The molecule has 5 aromatic rings. The van der Waals surface area contributed by atoms with E-state index in [0.29, 0.717) is 24.1 Å². The second-order valence-corrected chi connectivity index (χ2v) is 9.44. The van der Waals surface area contributed by atoms with Gasteiger partial charge in [-0.05, 0) is 44.4 Å². The van der Waals surface area contributed by atoms with Gasteiger partial charge in [0.1, 0.15) is 17.0 Å². The van der Waals surface area contributed by atoms with Gasteiger partial charge < -0.3 is 5.32 Å². The Morgan fingerprint density at radius 1 is 1.03 bits per heavy atom. The number of fused-ring (bicyclic) bond motifs is 2. The maximum atomic E-state index is 14.8. The second-order valence-electron chi connectivity index (χ2n) is 9.44. The van der Waals surface area contributed by atoms with Crippen molar-refractivity contribution in [1.29, 1.82) is 0 Å². The molecule has 0 unspecified atom stereocenters. The monoisotopic (exact) mass is 506 g/mol. The van der Waals surface area contributed by atoms with Gasteiger partial charge in [0.25, 0.3) is 11.1 Å². The molecule has 0 saturated heterocycles. The Hall–Kier alpha value is -4.68. The zero-order chi connectivity index (χ0) is 26.3. The van der Waals surface area contributed by atoms with Crippen LogP contribution in [-0.2, 0) is 14.1 Å². The lowest BCUT2D eigenvalue weighted by molar-refractivity contribution is 0.628. The van der Waals surface area contributed by atoms with Gasteiger partial charge in [0, 0.05) is 25.7 Å². The minimum absolute atomic E-state index is 0.0474. The van der Waals surface area contributed by atoms with E-state index < -0.39 is 28.3 Å². The molecule has 0 atom stereocenters. The summed E-state index contributed by atoms with van der Waals surface area (Å²) in [5.41, 5.74) is -0.638. The molecule has 37 heavy (non-hydrogen) atoms. The first-order chi connectivity index (χ1) is 17.6. The van der Waals surface area contributed by atoms with Crippen molar-refractivity contribution in [2.24, 2.45) is 14.1 Å². The molecule has 6 rings (SSSR count). The quantitative estimate of drug-likeness (QED) is 0.338. The highest BCUT2D eigenvalue weighted by Crippen LogP contribution is 2.34. The average Bonchev–Trinajstić information content (AvgIpc) is 3.54. The molecule has 13 heteroatoms. The second kappa shape index (κ2) is 7.66. The van der Waals surface area contributed by atoms with Crippen molar-refractivity contribution in [3.05, 3.63) is 76.8 Å². The lowest BCUT2D eigenvalue weighted by atomic mass is 10.1. The van der Waals surface area contributed by atoms with Crippen molar-refractivity contribution in [2.75, 3.05) is 5.32 Å². The Morgan fingerprint density at radius 3 is 2.41 bits per heavy atom. The van der Waals surface area contributed by atoms with E-state index in [0.717, 1.165) is 4.57 Å². The van der Waals surface area contributed by atoms with Crippen LogP contribution >= 0.6 is 0 Å². The van der Waals surface area contributed by atoms with E-state index in [4.69, 9.17) is 0 Å². The van der Waals surface area contributed by atoms with E-state index in [9.17, 15) is 23.6 Å². The number of hydrogen-bond acceptors (Lipinski definition) is 6. The van der Waals surface area contributed by atoms with Gasteiger partial charge in [-0.2, -0.15) is 4.98 Å². The number of nitrogens with zero attached hydrogens (tertiary/aromatic N) is 5. The number of H-pyrrole nitrogens is 2. The third-order valence-corrected chi connectivity index (χ3v) is 6.87. The molecule has 0 bridgehead atoms. The number of aryl methyl sites for hydroxylation is 3. The van der Waals surface area contributed by atoms with Crippen LogP contribution in [0.5, 0.6) is 0 Å². The van der Waals surface area contributed by atoms with E-state index in [1.54, 1.807) is 20.0 Å². The number of imidazole rings is 2. The fourth-order valence-electron chi connectivity index (χ4n) is 4.81. The number of rotatable bonds is 4. The van der Waals surface area contributed by atoms with Crippen LogP contribution in [0.3, 0.4) is 0 Å². The molecule has 0 radical (unpaired) electrons. The highest BCUT2D eigenvalue weighted by molar-refractivity contribution is 5.93. The molecule has 1 aliphatic carbocycles. The molecular weight excluding hydrogens is 483 g/mol. The van der Waals surface area contributed by atoms with E-state index >= 15 is 0 Å². The van der Waals surface area contributed by atoms with Crippen LogP contribution in [0.15, 0.2) is 37.4 Å². The van der Waals surface area contributed by atoms with E-state index in [2.05, 4.69) is 20.3 Å². The Kier molecular flexibility index (Phi) is 4.71. The third-order valence-electron chi connectivity index (χ3n) is 6.87. The number of aromatic amines is 2. The summed E-state index contributed by atoms with van der Waals surface area (Å²) in [4.78, 5) is 62.4. The SMILES string of the molecule is Cc1ccc(Nc2c3c(=O)n(C4CC4)c(=O)n(-c4nc5[nH]c(=O)[nH]c5n4C)c3c(C)c(=O)n2C)c(F)c1. The molecule has 0 amide bonds. The largest absolute Gasteiger partial charge is 0.338 e. The molecule has 4 heterocycles. The van der Waals surface area contributed by atoms with Crippen LogP contribution < -0.4 is 27.8 Å². The summed E-state index contributed by atoms with van der Waals surface area (Å²) in [7, 11) is 3.09. The number of pyridine rings is 1. The number of benzene rings is 1. The van der Waals surface area contributed by atoms with Crippen LogP contribution in [0.25, 0.3) is 28.1 Å². The fourth-order valence-corrected chi connectivity index (χ4v) is 4.81. The van der Waals surface area contributed by atoms with Crippen molar-refractivity contribution >= 4 is 33.7 Å². The van der Waals surface area contributed by atoms with E-state index in [1.807, 2.05) is 0 Å². The molecule has 1 aliphatic rings. The molecule has 1 saturated carbocycles. The van der Waals surface area contributed by atoms with Crippen molar-refractivity contribution in [1.82, 2.24) is 33.2 Å². The lowest BCUT2D eigenvalue weighted by Crippen LogP contribution is -2.42. The summed E-state index contributed by atoms with van der Waals surface area (Å²) in [5, 5.41) is 2.97. The van der Waals surface area contributed by atoms with Gasteiger partial charge in [0.2, 0.25) is 5.95 Å². The lowest BCUT2D eigenvalue weighted by Gasteiger charge is -2.20. The Morgan fingerprint density at radius 2 is 1.76 bits per heavy atom. The zero-order valence-corrected chi connectivity index (χ0v) is 20.5. The summed E-state index contributed by atoms with van der Waals surface area (Å²) >= 11 is 0. The van der Waals surface area contributed by atoms with Crippen LogP contribution in [0.2, 0.25) is 0 Å². The normalized spacial score (nSPS) is 13.6. The first kappa shape index (κ1) is 22.8. The fraction of sp³-hybridized carbons (Fsp3) is 0.292. The maximum Gasteiger partial charge on any atom is 0.338 e. The summed E-state index contributed by atoms with van der Waals surface area (Å²) < 4.78 is 19.9. The minimum atomic E-state index is -0.651. The first-order valence-corrected chi connectivity index (χ1v) is 11.7. The molecule has 3 N–H and O–H groups in total. The average molecular weight is 506 g/mol. The standard InChI is InChI=1S/C24H23FN8O4/c1-10-5-8-14(13(25)9-10)26-18-15-16(11(2)20(34)30(18)3)33(24(37)32(21(15)35)12-6-7-12)23-28-17-19(31(23)4)29-22(36)27-17/h5,8-9,12,26H,6-7H2,1-4H3,(H2,27,29,36).